The highest BCUT2D eigenvalue weighted by atomic mass is 32.1. The van der Waals surface area contributed by atoms with Crippen molar-refractivity contribution < 1.29 is 14.3 Å². The molecule has 2 aromatic heterocycles. The molecule has 0 saturated heterocycles. The fourth-order valence-corrected chi connectivity index (χ4v) is 4.43. The molecule has 32 heavy (non-hydrogen) atoms. The van der Waals surface area contributed by atoms with Gasteiger partial charge in [-0.3, -0.25) is 9.36 Å². The molecule has 4 aromatic rings. The molecule has 0 amide bonds. The number of benzene rings is 2. The zero-order chi connectivity index (χ0) is 22.3. The van der Waals surface area contributed by atoms with E-state index in [0.717, 1.165) is 24.2 Å². The van der Waals surface area contributed by atoms with Gasteiger partial charge in [0.05, 0.1) is 18.3 Å². The molecule has 2 aromatic carbocycles. The fraction of sp³-hybridized carbons (Fsp3) is 0.240. The summed E-state index contributed by atoms with van der Waals surface area (Å²) in [5, 5.41) is 0.490. The van der Waals surface area contributed by atoms with Gasteiger partial charge in [0.2, 0.25) is 0 Å². The van der Waals surface area contributed by atoms with E-state index >= 15 is 0 Å². The quantitative estimate of drug-likeness (QED) is 0.267. The number of aryl methyl sites for hydroxylation is 2. The van der Waals surface area contributed by atoms with Gasteiger partial charge >= 0.3 is 5.97 Å². The van der Waals surface area contributed by atoms with Crippen LogP contribution >= 0.6 is 11.3 Å². The third-order valence-electron chi connectivity index (χ3n) is 5.12. The van der Waals surface area contributed by atoms with Crippen LogP contribution < -0.4 is 10.3 Å². The lowest BCUT2D eigenvalue weighted by Crippen LogP contribution is -2.21. The van der Waals surface area contributed by atoms with Gasteiger partial charge in [-0.25, -0.2) is 9.78 Å². The SMILES string of the molecule is Cc1c(C(=O)OCc2ccccc2)sc2ncn(CCCCOc3ccccc3)c(=O)c12. The molecule has 0 spiro atoms. The summed E-state index contributed by atoms with van der Waals surface area (Å²) in [5.74, 6) is 0.409. The number of hydrogen-bond acceptors (Lipinski definition) is 6. The highest BCUT2D eigenvalue weighted by Crippen LogP contribution is 2.27. The van der Waals surface area contributed by atoms with E-state index in [2.05, 4.69) is 4.98 Å². The largest absolute Gasteiger partial charge is 0.494 e. The van der Waals surface area contributed by atoms with Crippen molar-refractivity contribution in [2.24, 2.45) is 0 Å². The minimum atomic E-state index is -0.432. The summed E-state index contributed by atoms with van der Waals surface area (Å²) in [7, 11) is 0. The van der Waals surface area contributed by atoms with Crippen molar-refractivity contribution in [2.75, 3.05) is 6.61 Å². The Hall–Kier alpha value is -3.45. The topological polar surface area (TPSA) is 70.4 Å². The second-order valence-electron chi connectivity index (χ2n) is 7.41. The van der Waals surface area contributed by atoms with Gasteiger partial charge in [0.1, 0.15) is 22.1 Å². The van der Waals surface area contributed by atoms with Crippen molar-refractivity contribution in [3.63, 3.8) is 0 Å². The van der Waals surface area contributed by atoms with Crippen LogP contribution in [0.3, 0.4) is 0 Å². The molecule has 0 radical (unpaired) electrons. The molecule has 0 aliphatic carbocycles. The number of ether oxygens (including phenoxy) is 2. The average molecular weight is 449 g/mol. The van der Waals surface area contributed by atoms with Crippen molar-refractivity contribution in [2.45, 2.75) is 32.9 Å². The number of rotatable bonds is 9. The number of fused-ring (bicyclic) bond motifs is 1. The number of nitrogens with zero attached hydrogens (tertiary/aromatic N) is 2. The van der Waals surface area contributed by atoms with Crippen LogP contribution in [0.4, 0.5) is 0 Å². The van der Waals surface area contributed by atoms with Crippen LogP contribution in [-0.2, 0) is 17.9 Å². The van der Waals surface area contributed by atoms with Crippen LogP contribution in [0.5, 0.6) is 5.75 Å². The molecule has 0 fully saturated rings. The molecule has 0 bridgehead atoms. The Morgan fingerprint density at radius 1 is 1.03 bits per heavy atom. The van der Waals surface area contributed by atoms with Crippen molar-refractivity contribution in [1.29, 1.82) is 0 Å². The Bertz CT molecular complexity index is 1250. The maximum atomic E-state index is 13.0. The molecule has 164 valence electrons. The zero-order valence-corrected chi connectivity index (χ0v) is 18.6. The molecule has 0 unspecified atom stereocenters. The number of aromatic nitrogens is 2. The lowest BCUT2D eigenvalue weighted by atomic mass is 10.2. The third kappa shape index (κ3) is 5.06. The minimum Gasteiger partial charge on any atom is -0.494 e. The summed E-state index contributed by atoms with van der Waals surface area (Å²) in [4.78, 5) is 31.0. The predicted octanol–water partition coefficient (Wildman–Crippen LogP) is 4.98. The number of carbonyl (C=O) groups is 1. The Morgan fingerprint density at radius 3 is 2.50 bits per heavy atom. The first-order chi connectivity index (χ1) is 15.6. The van der Waals surface area contributed by atoms with E-state index in [4.69, 9.17) is 9.47 Å². The molecule has 6 nitrogen and oxygen atoms in total. The second kappa shape index (κ2) is 10.2. The van der Waals surface area contributed by atoms with Crippen LogP contribution in [0.1, 0.15) is 33.6 Å². The monoisotopic (exact) mass is 448 g/mol. The molecule has 0 saturated carbocycles. The number of thiophene rings is 1. The van der Waals surface area contributed by atoms with E-state index < -0.39 is 5.97 Å². The van der Waals surface area contributed by atoms with Gasteiger partial charge in [0.25, 0.3) is 5.56 Å². The molecular formula is C25H24N2O4S. The lowest BCUT2D eigenvalue weighted by molar-refractivity contribution is 0.0478. The van der Waals surface area contributed by atoms with Gasteiger partial charge in [-0.2, -0.15) is 0 Å². The number of esters is 1. The van der Waals surface area contributed by atoms with Crippen LogP contribution in [0.25, 0.3) is 10.2 Å². The average Bonchev–Trinajstić information content (AvgIpc) is 3.17. The van der Waals surface area contributed by atoms with Gasteiger partial charge in [-0.15, -0.1) is 11.3 Å². The molecule has 0 N–H and O–H groups in total. The van der Waals surface area contributed by atoms with Gasteiger partial charge in [-0.05, 0) is 43.0 Å². The molecular weight excluding hydrogens is 424 g/mol. The van der Waals surface area contributed by atoms with Crippen molar-refractivity contribution in [1.82, 2.24) is 9.55 Å². The highest BCUT2D eigenvalue weighted by molar-refractivity contribution is 7.20. The van der Waals surface area contributed by atoms with Crippen molar-refractivity contribution >= 4 is 27.5 Å². The summed E-state index contributed by atoms with van der Waals surface area (Å²) < 4.78 is 12.7. The molecule has 0 atom stereocenters. The number of hydrogen-bond donors (Lipinski definition) is 0. The van der Waals surface area contributed by atoms with E-state index in [1.54, 1.807) is 17.8 Å². The number of para-hydroxylation sites is 1. The van der Waals surface area contributed by atoms with Crippen molar-refractivity contribution in [3.05, 3.63) is 93.3 Å². The molecule has 4 rings (SSSR count). The maximum Gasteiger partial charge on any atom is 0.349 e. The van der Waals surface area contributed by atoms with Gasteiger partial charge in [-0.1, -0.05) is 48.5 Å². The fourth-order valence-electron chi connectivity index (χ4n) is 3.39. The smallest absolute Gasteiger partial charge is 0.349 e. The lowest BCUT2D eigenvalue weighted by Gasteiger charge is -2.07. The van der Waals surface area contributed by atoms with Crippen LogP contribution in [0, 0.1) is 6.92 Å². The second-order valence-corrected chi connectivity index (χ2v) is 8.41. The Morgan fingerprint density at radius 2 is 1.75 bits per heavy atom. The van der Waals surface area contributed by atoms with Crippen molar-refractivity contribution in [3.8, 4) is 5.75 Å². The molecule has 7 heteroatoms. The van der Waals surface area contributed by atoms with Gasteiger partial charge < -0.3 is 9.47 Å². The Kier molecular flexibility index (Phi) is 6.97. The summed E-state index contributed by atoms with van der Waals surface area (Å²) in [6.45, 7) is 3.10. The van der Waals surface area contributed by atoms with Crippen LogP contribution in [0.2, 0.25) is 0 Å². The van der Waals surface area contributed by atoms with Gasteiger partial charge in [0.15, 0.2) is 0 Å². The Balaban J connectivity index is 1.39. The first kappa shape index (κ1) is 21.8. The zero-order valence-electron chi connectivity index (χ0n) is 17.8. The summed E-state index contributed by atoms with van der Waals surface area (Å²) in [5.41, 5.74) is 1.41. The summed E-state index contributed by atoms with van der Waals surface area (Å²) in [6, 6.07) is 19.2. The number of carbonyl (C=O) groups excluding carboxylic acids is 1. The number of unbranched alkanes of at least 4 members (excludes halogenated alkanes) is 1. The van der Waals surface area contributed by atoms with E-state index in [0.29, 0.717) is 33.8 Å². The van der Waals surface area contributed by atoms with Crippen LogP contribution in [-0.4, -0.2) is 22.1 Å². The molecule has 2 heterocycles. The summed E-state index contributed by atoms with van der Waals surface area (Å²) in [6.07, 6.45) is 3.16. The molecule has 0 aliphatic heterocycles. The first-order valence-corrected chi connectivity index (χ1v) is 11.3. The maximum absolute atomic E-state index is 13.0. The van der Waals surface area contributed by atoms with E-state index in [1.165, 1.54) is 11.3 Å². The van der Waals surface area contributed by atoms with E-state index in [-0.39, 0.29) is 12.2 Å². The standard InChI is InChI=1S/C25H24N2O4S/c1-18-21-23(32-22(18)25(29)31-16-19-10-4-2-5-11-19)26-17-27(24(21)28)14-8-9-15-30-20-12-6-3-7-13-20/h2-7,10-13,17H,8-9,14-16H2,1H3. The van der Waals surface area contributed by atoms with Gasteiger partial charge in [0, 0.05) is 6.54 Å². The first-order valence-electron chi connectivity index (χ1n) is 10.5. The predicted molar refractivity (Wildman–Crippen MR) is 125 cm³/mol. The van der Waals surface area contributed by atoms with E-state index in [9.17, 15) is 9.59 Å². The summed E-state index contributed by atoms with van der Waals surface area (Å²) >= 11 is 1.20. The highest BCUT2D eigenvalue weighted by Gasteiger charge is 2.20. The van der Waals surface area contributed by atoms with Crippen LogP contribution in [0.15, 0.2) is 71.8 Å². The third-order valence-corrected chi connectivity index (χ3v) is 6.30. The normalized spacial score (nSPS) is 10.9. The Labute approximate surface area is 190 Å². The van der Waals surface area contributed by atoms with E-state index in [1.807, 2.05) is 60.7 Å². The molecule has 0 aliphatic rings. The minimum absolute atomic E-state index is 0.130.